The molecule has 1 saturated carbocycles. The molecule has 21 nitrogen and oxygen atoms in total. The number of hydrogen-bond acceptors (Lipinski definition) is 14. The Morgan fingerprint density at radius 2 is 1.69 bits per heavy atom. The summed E-state index contributed by atoms with van der Waals surface area (Å²) in [5.74, 6) is 4.23. The first kappa shape index (κ1) is 58.1. The van der Waals surface area contributed by atoms with Gasteiger partial charge in [0.2, 0.25) is 23.7 Å². The highest BCUT2D eigenvalue weighted by atomic mass is 16.6. The van der Waals surface area contributed by atoms with Gasteiger partial charge in [0.15, 0.2) is 5.60 Å². The molecule has 83 heavy (non-hydrogen) atoms. The molecule has 21 heteroatoms. The van der Waals surface area contributed by atoms with Crippen LogP contribution in [0.25, 0.3) is 32.9 Å². The number of carboxylic acid groups (broad SMARTS) is 1. The number of fused-ring (bicyclic) bond motifs is 2. The van der Waals surface area contributed by atoms with Gasteiger partial charge in [0, 0.05) is 99.0 Å². The Morgan fingerprint density at radius 3 is 2.39 bits per heavy atom. The van der Waals surface area contributed by atoms with Crippen molar-refractivity contribution in [1.29, 1.82) is 0 Å². The number of benzene rings is 3. The number of aryl methyl sites for hydroxylation is 1. The lowest BCUT2D eigenvalue weighted by Gasteiger charge is -2.45. The summed E-state index contributed by atoms with van der Waals surface area (Å²) in [7, 11) is 3.25. The van der Waals surface area contributed by atoms with Crippen LogP contribution in [-0.4, -0.2) is 154 Å². The van der Waals surface area contributed by atoms with Gasteiger partial charge in [-0.05, 0) is 107 Å². The number of nitrogens with one attached hydrogen (secondary N) is 4. The van der Waals surface area contributed by atoms with Crippen molar-refractivity contribution in [1.82, 2.24) is 45.3 Å². The van der Waals surface area contributed by atoms with Gasteiger partial charge in [-0.1, -0.05) is 48.2 Å². The van der Waals surface area contributed by atoms with Crippen LogP contribution in [0.3, 0.4) is 0 Å². The number of aliphatic carboxylic acids is 1. The minimum absolute atomic E-state index is 0.0464. The van der Waals surface area contributed by atoms with Crippen molar-refractivity contribution in [2.45, 2.75) is 114 Å². The molecule has 2 atom stereocenters. The van der Waals surface area contributed by atoms with E-state index in [4.69, 9.17) is 24.2 Å². The molecule has 5 N–H and O–H groups in total. The number of urea groups is 1. The van der Waals surface area contributed by atoms with E-state index in [1.807, 2.05) is 44.3 Å². The number of carbonyl (C=O) groups excluding carboxylic acids is 4. The van der Waals surface area contributed by atoms with E-state index < -0.39 is 54.5 Å². The Morgan fingerprint density at radius 1 is 0.928 bits per heavy atom. The Hall–Kier alpha value is -8.16. The summed E-state index contributed by atoms with van der Waals surface area (Å²) < 4.78 is 21.0. The lowest BCUT2D eigenvalue weighted by Crippen LogP contribution is -2.57. The van der Waals surface area contributed by atoms with Crippen molar-refractivity contribution in [2.75, 3.05) is 69.5 Å². The monoisotopic (exact) mass is 1130 g/mol. The number of aromatic amines is 1. The van der Waals surface area contributed by atoms with Crippen molar-refractivity contribution in [2.24, 2.45) is 7.05 Å². The van der Waals surface area contributed by atoms with Crippen LogP contribution in [0.4, 0.5) is 16.4 Å². The van der Waals surface area contributed by atoms with E-state index in [0.29, 0.717) is 41.1 Å². The van der Waals surface area contributed by atoms with Crippen LogP contribution in [0.5, 0.6) is 5.75 Å². The zero-order valence-electron chi connectivity index (χ0n) is 48.0. The highest BCUT2D eigenvalue weighted by Crippen LogP contribution is 2.44. The second-order valence-corrected chi connectivity index (χ2v) is 22.6. The maximum absolute atomic E-state index is 13.8. The molecule has 4 aliphatic rings. The van der Waals surface area contributed by atoms with E-state index in [-0.39, 0.29) is 42.9 Å². The van der Waals surface area contributed by atoms with Crippen LogP contribution in [-0.2, 0) is 41.3 Å². The van der Waals surface area contributed by atoms with Gasteiger partial charge in [-0.3, -0.25) is 28.9 Å². The number of likely N-dealkylation sites (tertiary alicyclic amines) is 1. The summed E-state index contributed by atoms with van der Waals surface area (Å²) in [4.78, 5) is 96.9. The highest BCUT2D eigenvalue weighted by Gasteiger charge is 2.45. The second kappa shape index (κ2) is 24.7. The summed E-state index contributed by atoms with van der Waals surface area (Å²) in [5.41, 5.74) is 4.69. The molecular formula is C62H73N11O10. The number of ether oxygens (including phenoxy) is 3. The smallest absolute Gasteiger partial charge is 0.332 e. The average molecular weight is 1130 g/mol. The molecule has 436 valence electrons. The number of hydrogen-bond donors (Lipinski definition) is 5. The Balaban J connectivity index is 0.803. The van der Waals surface area contributed by atoms with Crippen LogP contribution in [0.15, 0.2) is 90.0 Å². The molecule has 3 aromatic carbocycles. The standard InChI is InChI=1S/C62H73N11O10/c1-39(2)82-37-62(83-45-16-17-45,43-12-8-7-9-13-43)56-47-34-42(48-36-69(5)58(79)55-46(48)20-27-63-55)15-18-49(47)67-59(68-56)71-28-21-44(22-29-71)70-31-24-61(4,25-32-70)65-26-10-11-41-14-19-52(81-6)51(33-41)72-30-23-53(75)73(60(72)80)38-64-57(78)50(35-54(76)77)66-40(3)74/h7-9,12-15,18-20,27,33-34,36,39,44-45,50,63,65H,16-17,21-26,28-32,35,37-38H2,1-6H3,(H,64,78)(H,66,74)(H,76,77)/t50-,62-/m0/s1. The van der Waals surface area contributed by atoms with Crippen molar-refractivity contribution >= 4 is 63.2 Å². The lowest BCUT2D eigenvalue weighted by molar-refractivity contribution is -0.141. The molecule has 3 aliphatic heterocycles. The zero-order chi connectivity index (χ0) is 58.6. The quantitative estimate of drug-likeness (QED) is 0.0550. The fourth-order valence-corrected chi connectivity index (χ4v) is 11.5. The average Bonchev–Trinajstić information content (AvgIpc) is 2.34. The molecule has 0 bridgehead atoms. The van der Waals surface area contributed by atoms with Crippen LogP contribution in [0.1, 0.15) is 95.9 Å². The normalized spacial score (nSPS) is 18.0. The molecular weight excluding hydrogens is 1060 g/mol. The zero-order valence-corrected chi connectivity index (χ0v) is 48.0. The van der Waals surface area contributed by atoms with Crippen molar-refractivity contribution < 1.29 is 43.3 Å². The molecule has 6 aromatic rings. The van der Waals surface area contributed by atoms with Crippen LogP contribution >= 0.6 is 0 Å². The number of methoxy groups -OCH3 is 1. The van der Waals surface area contributed by atoms with E-state index >= 15 is 0 Å². The van der Waals surface area contributed by atoms with Gasteiger partial charge in [0.25, 0.3) is 5.56 Å². The summed E-state index contributed by atoms with van der Waals surface area (Å²) in [6, 6.07) is 22.1. The number of rotatable bonds is 20. The van der Waals surface area contributed by atoms with E-state index in [1.54, 1.807) is 36.0 Å². The predicted molar refractivity (Wildman–Crippen MR) is 314 cm³/mol. The number of H-pyrrole nitrogens is 1. The number of aromatic nitrogens is 4. The SMILES string of the molecule is COc1ccc(C#CCNC2(C)CCN(C3CCN(c4nc([C@@](COC(C)C)(OC5CC5)c5ccccc5)c5cc(-c6cn(C)c(=O)c7[nH]ccc67)ccc5n4)CC3)CC2)cc1N1CCC(=O)N(CNC(=O)[C@H](CC(=O)O)NC(C)=O)C1=O. The first-order valence-electron chi connectivity index (χ1n) is 28.6. The van der Waals surface area contributed by atoms with Gasteiger partial charge in [-0.15, -0.1) is 0 Å². The Bertz CT molecular complexity index is 3520. The van der Waals surface area contributed by atoms with Crippen molar-refractivity contribution in [3.8, 4) is 28.7 Å². The minimum atomic E-state index is -1.39. The lowest BCUT2D eigenvalue weighted by atomic mass is 9.87. The van der Waals surface area contributed by atoms with E-state index in [9.17, 15) is 33.9 Å². The van der Waals surface area contributed by atoms with Crippen LogP contribution in [0, 0.1) is 11.8 Å². The maximum atomic E-state index is 13.8. The molecule has 0 spiro atoms. The number of piperidine rings is 2. The fraction of sp³-hybridized carbons (Fsp3) is 0.452. The number of amides is 5. The topological polar surface area (TPSA) is 246 Å². The molecule has 0 radical (unpaired) electrons. The fourth-order valence-electron chi connectivity index (χ4n) is 11.5. The largest absolute Gasteiger partial charge is 0.495 e. The van der Waals surface area contributed by atoms with Gasteiger partial charge in [0.1, 0.15) is 24.0 Å². The number of imide groups is 1. The predicted octanol–water partition coefficient (Wildman–Crippen LogP) is 6.01. The number of carbonyl (C=O) groups is 5. The molecule has 3 saturated heterocycles. The third-order valence-corrected chi connectivity index (χ3v) is 16.3. The summed E-state index contributed by atoms with van der Waals surface area (Å²) in [6.07, 6.45) is 8.67. The van der Waals surface area contributed by atoms with E-state index in [1.165, 1.54) is 12.0 Å². The Labute approximate surface area is 482 Å². The van der Waals surface area contributed by atoms with Crippen molar-refractivity contribution in [3.05, 3.63) is 112 Å². The minimum Gasteiger partial charge on any atom is -0.495 e. The summed E-state index contributed by atoms with van der Waals surface area (Å²) in [5, 5.41) is 19.3. The maximum Gasteiger partial charge on any atom is 0.332 e. The van der Waals surface area contributed by atoms with Crippen LogP contribution in [0.2, 0.25) is 0 Å². The van der Waals surface area contributed by atoms with Gasteiger partial charge in [-0.25, -0.2) is 19.7 Å². The third-order valence-electron chi connectivity index (χ3n) is 16.3. The first-order valence-corrected chi connectivity index (χ1v) is 28.6. The van der Waals surface area contributed by atoms with Gasteiger partial charge >= 0.3 is 12.0 Å². The van der Waals surface area contributed by atoms with E-state index in [2.05, 4.69) is 79.8 Å². The second-order valence-electron chi connectivity index (χ2n) is 22.6. The molecule has 4 fully saturated rings. The van der Waals surface area contributed by atoms with Gasteiger partial charge in [-0.2, -0.15) is 0 Å². The summed E-state index contributed by atoms with van der Waals surface area (Å²) in [6.45, 7) is 11.2. The summed E-state index contributed by atoms with van der Waals surface area (Å²) >= 11 is 0. The first-order chi connectivity index (χ1) is 39.9. The molecule has 5 amide bonds. The van der Waals surface area contributed by atoms with Gasteiger partial charge < -0.3 is 54.6 Å². The number of pyridine rings is 1. The van der Waals surface area contributed by atoms with Crippen LogP contribution < -0.4 is 36.0 Å². The number of nitrogens with zero attached hydrogens (tertiary/aromatic N) is 7. The molecule has 1 aliphatic carbocycles. The highest BCUT2D eigenvalue weighted by molar-refractivity contribution is 6.07. The molecule has 6 heterocycles. The van der Waals surface area contributed by atoms with Gasteiger partial charge in [0.05, 0.1) is 55.8 Å². The molecule has 0 unspecified atom stereocenters. The van der Waals surface area contributed by atoms with Crippen molar-refractivity contribution in [3.63, 3.8) is 0 Å². The Kier molecular flexibility index (Phi) is 17.3. The van der Waals surface area contributed by atoms with E-state index in [0.717, 1.165) is 115 Å². The molecule has 10 rings (SSSR count). The number of carboxylic acids is 1. The third kappa shape index (κ3) is 12.9. The molecule has 3 aromatic heterocycles. The number of anilines is 2.